The molecule has 0 fully saturated rings. The van der Waals surface area contributed by atoms with E-state index in [9.17, 15) is 34.3 Å². The number of aliphatic hydroxyl groups excluding tert-OH is 2. The Morgan fingerprint density at radius 2 is 1.86 bits per heavy atom. The fourth-order valence-corrected chi connectivity index (χ4v) is 2.41. The highest BCUT2D eigenvalue weighted by Crippen LogP contribution is 2.28. The van der Waals surface area contributed by atoms with E-state index in [-0.39, 0.29) is 6.61 Å². The number of carbonyl (C=O) groups excluding carboxylic acids is 1. The molecule has 0 heterocycles. The molecule has 2 aromatic carbocycles. The second kappa shape index (κ2) is 9.57. The molecule has 4 N–H and O–H groups in total. The van der Waals surface area contributed by atoms with Crippen LogP contribution in [0, 0.1) is 15.9 Å². The number of nitrogens with zero attached hydrogens (tertiary/aromatic N) is 1. The lowest BCUT2D eigenvalue weighted by molar-refractivity contribution is -0.385. The monoisotopic (exact) mass is 408 g/mol. The van der Waals surface area contributed by atoms with Crippen LogP contribution in [0.2, 0.25) is 0 Å². The summed E-state index contributed by atoms with van der Waals surface area (Å²) in [5.74, 6) is -2.98. The maximum Gasteiger partial charge on any atom is 0.407 e. The van der Waals surface area contributed by atoms with E-state index in [1.807, 2.05) is 0 Å². The normalized spacial score (nSPS) is 12.7. The second-order valence-electron chi connectivity index (χ2n) is 5.91. The van der Waals surface area contributed by atoms with E-state index in [0.29, 0.717) is 12.1 Å². The van der Waals surface area contributed by atoms with Crippen molar-refractivity contribution in [2.75, 3.05) is 6.54 Å². The predicted molar refractivity (Wildman–Crippen MR) is 95.6 cm³/mol. The number of benzene rings is 2. The Bertz CT molecular complexity index is 906. The van der Waals surface area contributed by atoms with Crippen molar-refractivity contribution in [1.29, 1.82) is 0 Å². The fourth-order valence-electron chi connectivity index (χ4n) is 2.41. The van der Waals surface area contributed by atoms with Gasteiger partial charge in [-0.3, -0.25) is 10.1 Å². The van der Waals surface area contributed by atoms with Gasteiger partial charge in [-0.15, -0.1) is 0 Å². The Balaban J connectivity index is 2.01. The van der Waals surface area contributed by atoms with Crippen LogP contribution in [0.3, 0.4) is 0 Å². The van der Waals surface area contributed by atoms with E-state index in [1.165, 1.54) is 0 Å². The minimum atomic E-state index is -1.97. The lowest BCUT2D eigenvalue weighted by Gasteiger charge is -2.19. The first-order chi connectivity index (χ1) is 13.7. The highest BCUT2D eigenvalue weighted by Gasteiger charge is 2.29. The van der Waals surface area contributed by atoms with Crippen LogP contribution >= 0.6 is 0 Å². The van der Waals surface area contributed by atoms with Gasteiger partial charge in [0.1, 0.15) is 30.2 Å². The summed E-state index contributed by atoms with van der Waals surface area (Å²) in [6.45, 7) is -0.592. The third-order valence-electron chi connectivity index (χ3n) is 3.89. The quantitative estimate of drug-likeness (QED) is 0.380. The number of nitro benzene ring substituents is 1. The van der Waals surface area contributed by atoms with Gasteiger partial charge in [-0.1, -0.05) is 30.3 Å². The fraction of sp³-hybridized carbons (Fsp3) is 0.222. The maximum atomic E-state index is 14.1. The molecule has 29 heavy (non-hydrogen) atoms. The number of amides is 1. The number of carbonyl (C=O) groups is 2. The number of hydrogen-bond acceptors (Lipinski definition) is 7. The molecule has 10 nitrogen and oxygen atoms in total. The van der Waals surface area contributed by atoms with Gasteiger partial charge >= 0.3 is 12.1 Å². The Kier molecular flexibility index (Phi) is 7.17. The second-order valence-corrected chi connectivity index (χ2v) is 5.91. The van der Waals surface area contributed by atoms with E-state index in [4.69, 9.17) is 9.84 Å². The minimum Gasteiger partial charge on any atom is -0.477 e. The molecule has 0 aliphatic heterocycles. The summed E-state index contributed by atoms with van der Waals surface area (Å²) in [7, 11) is 0. The third kappa shape index (κ3) is 5.70. The number of nitrogens with one attached hydrogen (secondary N) is 1. The first-order valence-corrected chi connectivity index (χ1v) is 8.22. The van der Waals surface area contributed by atoms with Crippen LogP contribution in [-0.4, -0.2) is 45.0 Å². The van der Waals surface area contributed by atoms with Crippen molar-refractivity contribution in [2.24, 2.45) is 0 Å². The molecular weight excluding hydrogens is 391 g/mol. The Morgan fingerprint density at radius 3 is 2.45 bits per heavy atom. The lowest BCUT2D eigenvalue weighted by Crippen LogP contribution is -2.36. The number of ether oxygens (including phenoxy) is 1. The molecule has 0 spiro atoms. The zero-order chi connectivity index (χ0) is 21.6. The van der Waals surface area contributed by atoms with Crippen molar-refractivity contribution in [3.63, 3.8) is 0 Å². The van der Waals surface area contributed by atoms with Crippen LogP contribution in [0.5, 0.6) is 0 Å². The summed E-state index contributed by atoms with van der Waals surface area (Å²) >= 11 is 0. The molecule has 0 saturated heterocycles. The highest BCUT2D eigenvalue weighted by atomic mass is 19.1. The van der Waals surface area contributed by atoms with Crippen LogP contribution in [0.25, 0.3) is 0 Å². The van der Waals surface area contributed by atoms with Crippen LogP contribution < -0.4 is 5.32 Å². The average molecular weight is 408 g/mol. The molecule has 1 amide bonds. The third-order valence-corrected chi connectivity index (χ3v) is 3.89. The topological polar surface area (TPSA) is 159 Å². The first kappa shape index (κ1) is 21.7. The Hall–Kier alpha value is -3.57. The maximum absolute atomic E-state index is 14.1. The molecule has 2 atom stereocenters. The zero-order valence-corrected chi connectivity index (χ0v) is 14.8. The van der Waals surface area contributed by atoms with E-state index < -0.39 is 58.4 Å². The standard InChI is InChI=1S/C18H17FN2O8/c19-13-6-12(17(24)25)14(21(27)28)7-11(13)16(23)15(22)8-20-18(26)29-9-10-4-2-1-3-5-10/h1-7,15-16,22-23H,8-9H2,(H,20,26)(H,24,25). The smallest absolute Gasteiger partial charge is 0.407 e. The number of carboxylic acid groups (broad SMARTS) is 1. The molecule has 0 aliphatic rings. The molecular formula is C18H17FN2O8. The highest BCUT2D eigenvalue weighted by molar-refractivity contribution is 5.92. The number of halogens is 1. The summed E-state index contributed by atoms with van der Waals surface area (Å²) in [6.07, 6.45) is -4.62. The number of rotatable bonds is 8. The number of nitro groups is 1. The van der Waals surface area contributed by atoms with Gasteiger partial charge in [0.25, 0.3) is 5.69 Å². The van der Waals surface area contributed by atoms with Gasteiger partial charge in [-0.25, -0.2) is 14.0 Å². The van der Waals surface area contributed by atoms with Gasteiger partial charge < -0.3 is 25.4 Å². The predicted octanol–water partition coefficient (Wildman–Crippen LogP) is 1.75. The van der Waals surface area contributed by atoms with E-state index in [1.54, 1.807) is 30.3 Å². The minimum absolute atomic E-state index is 0.0389. The van der Waals surface area contributed by atoms with E-state index >= 15 is 0 Å². The molecule has 0 aliphatic carbocycles. The molecule has 2 rings (SSSR count). The Labute approximate surface area is 163 Å². The number of carboxylic acids is 1. The van der Waals surface area contributed by atoms with Crippen molar-refractivity contribution < 1.29 is 39.0 Å². The van der Waals surface area contributed by atoms with Crippen molar-refractivity contribution >= 4 is 17.7 Å². The first-order valence-electron chi connectivity index (χ1n) is 8.22. The number of alkyl carbamates (subject to hydrolysis) is 1. The largest absolute Gasteiger partial charge is 0.477 e. The molecule has 2 aromatic rings. The molecule has 0 saturated carbocycles. The number of aliphatic hydroxyl groups is 2. The molecule has 2 unspecified atom stereocenters. The van der Waals surface area contributed by atoms with Gasteiger partial charge in [-0.05, 0) is 11.6 Å². The van der Waals surface area contributed by atoms with Gasteiger partial charge in [0, 0.05) is 18.2 Å². The zero-order valence-electron chi connectivity index (χ0n) is 14.8. The molecule has 154 valence electrons. The van der Waals surface area contributed by atoms with E-state index in [2.05, 4.69) is 5.32 Å². The molecule has 0 radical (unpaired) electrons. The summed E-state index contributed by atoms with van der Waals surface area (Å²) < 4.78 is 19.0. The SMILES string of the molecule is O=C(NCC(O)C(O)c1cc([N+](=O)[O-])c(C(=O)O)cc1F)OCc1ccccc1. The number of hydrogen-bond donors (Lipinski definition) is 4. The van der Waals surface area contributed by atoms with Crippen molar-refractivity contribution in [1.82, 2.24) is 5.32 Å². The van der Waals surface area contributed by atoms with Crippen LogP contribution in [0.15, 0.2) is 42.5 Å². The summed E-state index contributed by atoms with van der Waals surface area (Å²) in [4.78, 5) is 32.6. The van der Waals surface area contributed by atoms with Crippen molar-refractivity contribution in [3.8, 4) is 0 Å². The van der Waals surface area contributed by atoms with Gasteiger partial charge in [0.05, 0.1) is 4.92 Å². The van der Waals surface area contributed by atoms with Crippen LogP contribution in [0.1, 0.15) is 27.6 Å². The molecule has 0 aromatic heterocycles. The van der Waals surface area contributed by atoms with Gasteiger partial charge in [0.15, 0.2) is 0 Å². The summed E-state index contributed by atoms with van der Waals surface area (Å²) in [5, 5.41) is 42.1. The lowest BCUT2D eigenvalue weighted by atomic mass is 10.00. The van der Waals surface area contributed by atoms with Crippen molar-refractivity contribution in [3.05, 3.63) is 75.1 Å². The Morgan fingerprint density at radius 1 is 1.21 bits per heavy atom. The summed E-state index contributed by atoms with van der Waals surface area (Å²) in [5.41, 5.74) is -1.82. The van der Waals surface area contributed by atoms with Crippen molar-refractivity contribution in [2.45, 2.75) is 18.8 Å². The van der Waals surface area contributed by atoms with Crippen LogP contribution in [-0.2, 0) is 11.3 Å². The average Bonchev–Trinajstić information content (AvgIpc) is 2.70. The van der Waals surface area contributed by atoms with Gasteiger partial charge in [-0.2, -0.15) is 0 Å². The number of aromatic carboxylic acids is 1. The summed E-state index contributed by atoms with van der Waals surface area (Å²) in [6, 6.07) is 9.65. The van der Waals surface area contributed by atoms with E-state index in [0.717, 1.165) is 5.56 Å². The van der Waals surface area contributed by atoms with Gasteiger partial charge in [0.2, 0.25) is 0 Å². The molecule has 0 bridgehead atoms. The molecule has 11 heteroatoms. The van der Waals surface area contributed by atoms with Crippen LogP contribution in [0.4, 0.5) is 14.9 Å².